The number of carbonyl (C=O) groups is 1. The van der Waals surface area contributed by atoms with Gasteiger partial charge in [-0.2, -0.15) is 5.10 Å². The van der Waals surface area contributed by atoms with Crippen molar-refractivity contribution >= 4 is 11.7 Å². The number of aryl methyl sites for hydroxylation is 1. The van der Waals surface area contributed by atoms with Crippen LogP contribution in [0.4, 0.5) is 0 Å². The fourth-order valence-corrected chi connectivity index (χ4v) is 1.30. The Kier molecular flexibility index (Phi) is 4.51. The quantitative estimate of drug-likeness (QED) is 0.450. The summed E-state index contributed by atoms with van der Waals surface area (Å²) in [5.41, 5.74) is 5.31. The average molecular weight is 220 g/mol. The molecule has 86 valence electrons. The minimum atomic E-state index is -0.997. The molecule has 0 saturated heterocycles. The second-order valence-electron chi connectivity index (χ2n) is 3.59. The molecule has 0 amide bonds. The molecule has 0 spiro atoms. The summed E-state index contributed by atoms with van der Waals surface area (Å²) < 4.78 is 0. The first-order valence-electron chi connectivity index (χ1n) is 5.16. The molecule has 0 aliphatic rings. The highest BCUT2D eigenvalue weighted by Crippen LogP contribution is 2.06. The Labute approximate surface area is 95.0 Å². The monoisotopic (exact) mass is 220 g/mol. The van der Waals surface area contributed by atoms with Gasteiger partial charge in [-0.05, 0) is 31.4 Å². The highest BCUT2D eigenvalue weighted by atomic mass is 16.4. The summed E-state index contributed by atoms with van der Waals surface area (Å²) in [6.45, 7) is 4.15. The molecule has 0 fully saturated rings. The van der Waals surface area contributed by atoms with Crippen LogP contribution < -0.4 is 5.43 Å². The molecule has 0 atom stereocenters. The summed E-state index contributed by atoms with van der Waals surface area (Å²) in [6.07, 6.45) is 0.836. The molecule has 0 unspecified atom stereocenters. The largest absolute Gasteiger partial charge is 0.477 e. The van der Waals surface area contributed by atoms with Crippen molar-refractivity contribution in [3.8, 4) is 0 Å². The fraction of sp³-hybridized carbons (Fsp3) is 0.333. The number of carboxylic acid groups (broad SMARTS) is 1. The molecule has 0 aliphatic carbocycles. The van der Waals surface area contributed by atoms with E-state index in [1.165, 1.54) is 18.1 Å². The average Bonchev–Trinajstić information content (AvgIpc) is 2.26. The van der Waals surface area contributed by atoms with Gasteiger partial charge in [0.1, 0.15) is 5.71 Å². The number of hydrogen-bond donors (Lipinski definition) is 2. The van der Waals surface area contributed by atoms with Crippen LogP contribution in [0.1, 0.15) is 18.1 Å². The van der Waals surface area contributed by atoms with E-state index in [-0.39, 0.29) is 5.71 Å². The van der Waals surface area contributed by atoms with Gasteiger partial charge in [-0.25, -0.2) is 4.79 Å². The fourth-order valence-electron chi connectivity index (χ4n) is 1.30. The smallest absolute Gasteiger partial charge is 0.351 e. The molecular formula is C12H16N2O2. The van der Waals surface area contributed by atoms with Crippen LogP contribution in [-0.2, 0) is 11.2 Å². The van der Waals surface area contributed by atoms with E-state index >= 15 is 0 Å². The van der Waals surface area contributed by atoms with Crippen LogP contribution >= 0.6 is 0 Å². The number of hydrogen-bond acceptors (Lipinski definition) is 3. The van der Waals surface area contributed by atoms with Crippen LogP contribution in [0.3, 0.4) is 0 Å². The molecular weight excluding hydrogens is 204 g/mol. The summed E-state index contributed by atoms with van der Waals surface area (Å²) in [7, 11) is 0. The summed E-state index contributed by atoms with van der Waals surface area (Å²) >= 11 is 0. The maximum Gasteiger partial charge on any atom is 0.351 e. The molecule has 2 N–H and O–H groups in total. The number of benzene rings is 1. The molecule has 0 radical (unpaired) electrons. The molecule has 0 aliphatic heterocycles. The van der Waals surface area contributed by atoms with Crippen molar-refractivity contribution in [1.82, 2.24) is 5.43 Å². The maximum atomic E-state index is 10.4. The van der Waals surface area contributed by atoms with Gasteiger partial charge in [-0.1, -0.05) is 24.3 Å². The summed E-state index contributed by atoms with van der Waals surface area (Å²) in [4.78, 5) is 10.4. The van der Waals surface area contributed by atoms with E-state index in [0.29, 0.717) is 6.54 Å². The molecule has 0 heterocycles. The molecule has 4 nitrogen and oxygen atoms in total. The van der Waals surface area contributed by atoms with Crippen LogP contribution in [0.15, 0.2) is 29.4 Å². The van der Waals surface area contributed by atoms with Gasteiger partial charge in [0.2, 0.25) is 0 Å². The lowest BCUT2D eigenvalue weighted by Gasteiger charge is -2.05. The topological polar surface area (TPSA) is 61.7 Å². The van der Waals surface area contributed by atoms with Crippen LogP contribution in [0.25, 0.3) is 0 Å². The Morgan fingerprint density at radius 1 is 1.44 bits per heavy atom. The van der Waals surface area contributed by atoms with Gasteiger partial charge in [-0.15, -0.1) is 0 Å². The summed E-state index contributed by atoms with van der Waals surface area (Å²) in [5, 5.41) is 12.3. The van der Waals surface area contributed by atoms with E-state index in [9.17, 15) is 4.79 Å². The molecule has 0 aromatic heterocycles. The molecule has 1 aromatic carbocycles. The predicted octanol–water partition coefficient (Wildman–Crippen LogP) is 1.59. The standard InChI is InChI=1S/C12H16N2O2/c1-9-5-3-4-6-11(9)7-8-13-14-10(2)12(15)16/h3-6,13H,7-8H2,1-2H3,(H,15,16)/b14-10-. The van der Waals surface area contributed by atoms with E-state index in [4.69, 9.17) is 5.11 Å². The third-order valence-electron chi connectivity index (χ3n) is 2.32. The predicted molar refractivity (Wildman–Crippen MR) is 63.6 cm³/mol. The van der Waals surface area contributed by atoms with Crippen molar-refractivity contribution in [3.63, 3.8) is 0 Å². The molecule has 0 saturated carbocycles. The van der Waals surface area contributed by atoms with Gasteiger partial charge in [0.15, 0.2) is 0 Å². The normalized spacial score (nSPS) is 11.2. The first-order valence-corrected chi connectivity index (χ1v) is 5.16. The van der Waals surface area contributed by atoms with Gasteiger partial charge in [-0.3, -0.25) is 0 Å². The second-order valence-corrected chi connectivity index (χ2v) is 3.59. The number of carboxylic acids is 1. The van der Waals surface area contributed by atoms with Crippen molar-refractivity contribution in [3.05, 3.63) is 35.4 Å². The molecule has 0 bridgehead atoms. The third-order valence-corrected chi connectivity index (χ3v) is 2.32. The Hall–Kier alpha value is -1.84. The van der Waals surface area contributed by atoms with Crippen LogP contribution in [0, 0.1) is 6.92 Å². The van der Waals surface area contributed by atoms with Gasteiger partial charge < -0.3 is 10.5 Å². The maximum absolute atomic E-state index is 10.4. The molecule has 4 heteroatoms. The molecule has 16 heavy (non-hydrogen) atoms. The number of rotatable bonds is 5. The minimum absolute atomic E-state index is 0.0739. The van der Waals surface area contributed by atoms with E-state index in [1.807, 2.05) is 12.1 Å². The third kappa shape index (κ3) is 3.73. The molecule has 1 aromatic rings. The van der Waals surface area contributed by atoms with Crippen molar-refractivity contribution < 1.29 is 9.90 Å². The number of nitrogens with zero attached hydrogens (tertiary/aromatic N) is 1. The second kappa shape index (κ2) is 5.90. The number of aliphatic carboxylic acids is 1. The Morgan fingerprint density at radius 2 is 2.12 bits per heavy atom. The van der Waals surface area contributed by atoms with E-state index in [2.05, 4.69) is 29.6 Å². The summed E-state index contributed by atoms with van der Waals surface area (Å²) in [5.74, 6) is -0.997. The highest BCUT2D eigenvalue weighted by molar-refractivity contribution is 6.34. The zero-order valence-corrected chi connectivity index (χ0v) is 9.53. The molecule has 1 rings (SSSR count). The van der Waals surface area contributed by atoms with Crippen LogP contribution in [0.5, 0.6) is 0 Å². The summed E-state index contributed by atoms with van der Waals surface area (Å²) in [6, 6.07) is 8.11. The van der Waals surface area contributed by atoms with Crippen LogP contribution in [0.2, 0.25) is 0 Å². The van der Waals surface area contributed by atoms with Gasteiger partial charge in [0.05, 0.1) is 0 Å². The van der Waals surface area contributed by atoms with Gasteiger partial charge in [0.25, 0.3) is 0 Å². The minimum Gasteiger partial charge on any atom is -0.477 e. The lowest BCUT2D eigenvalue weighted by atomic mass is 10.1. The van der Waals surface area contributed by atoms with E-state index in [1.54, 1.807) is 0 Å². The zero-order chi connectivity index (χ0) is 12.0. The lowest BCUT2D eigenvalue weighted by molar-refractivity contribution is -0.129. The van der Waals surface area contributed by atoms with Gasteiger partial charge in [0, 0.05) is 6.54 Å². The van der Waals surface area contributed by atoms with Gasteiger partial charge >= 0.3 is 5.97 Å². The SMILES string of the molecule is C/C(=N/NCCc1ccccc1C)C(=O)O. The van der Waals surface area contributed by atoms with Crippen molar-refractivity contribution in [2.45, 2.75) is 20.3 Å². The number of nitrogens with one attached hydrogen (secondary N) is 1. The lowest BCUT2D eigenvalue weighted by Crippen LogP contribution is -2.17. The number of hydrazone groups is 1. The first kappa shape index (κ1) is 12.2. The highest BCUT2D eigenvalue weighted by Gasteiger charge is 2.00. The Balaban J connectivity index is 2.40. The van der Waals surface area contributed by atoms with Crippen molar-refractivity contribution in [2.75, 3.05) is 6.54 Å². The van der Waals surface area contributed by atoms with E-state index < -0.39 is 5.97 Å². The van der Waals surface area contributed by atoms with Crippen molar-refractivity contribution in [2.24, 2.45) is 5.10 Å². The van der Waals surface area contributed by atoms with Crippen molar-refractivity contribution in [1.29, 1.82) is 0 Å². The van der Waals surface area contributed by atoms with Crippen LogP contribution in [-0.4, -0.2) is 23.3 Å². The first-order chi connectivity index (χ1) is 7.61. The Bertz CT molecular complexity index is 400. The zero-order valence-electron chi connectivity index (χ0n) is 9.53. The Morgan fingerprint density at radius 3 is 2.75 bits per heavy atom. The van der Waals surface area contributed by atoms with E-state index in [0.717, 1.165) is 6.42 Å².